The van der Waals surface area contributed by atoms with Crippen LogP contribution in [0.15, 0.2) is 47.5 Å². The van der Waals surface area contributed by atoms with Gasteiger partial charge >= 0.3 is 18.2 Å². The Hall–Kier alpha value is -3.66. The summed E-state index contributed by atoms with van der Waals surface area (Å²) in [6.07, 6.45) is -4.91. The van der Waals surface area contributed by atoms with Gasteiger partial charge in [0.1, 0.15) is 0 Å². The normalized spacial score (nSPS) is 14.1. The number of hydrogen-bond acceptors (Lipinski definition) is 10. The van der Waals surface area contributed by atoms with Crippen molar-refractivity contribution in [3.63, 3.8) is 0 Å². The van der Waals surface area contributed by atoms with Gasteiger partial charge in [0.25, 0.3) is 0 Å². The fourth-order valence-electron chi connectivity index (χ4n) is 2.80. The summed E-state index contributed by atoms with van der Waals surface area (Å²) in [5, 5.41) is 20.8. The van der Waals surface area contributed by atoms with Crippen LogP contribution in [0, 0.1) is 0 Å². The molecule has 0 aliphatic rings. The van der Waals surface area contributed by atoms with Gasteiger partial charge in [-0.2, -0.15) is 36.4 Å². The Morgan fingerprint density at radius 3 is 2.46 bits per heavy atom. The molecule has 35 heavy (non-hydrogen) atoms. The number of hydrogen-bond donors (Lipinski definition) is 1. The molecular weight excluding hydrogens is 504 g/mol. The van der Waals surface area contributed by atoms with Crippen LogP contribution in [0.25, 0.3) is 10.7 Å². The molecule has 1 N–H and O–H groups in total. The maximum absolute atomic E-state index is 13.3. The number of nitrogens with zero attached hydrogens (tertiary/aromatic N) is 7. The first-order chi connectivity index (χ1) is 16.4. The van der Waals surface area contributed by atoms with E-state index in [1.165, 1.54) is 29.6 Å². The summed E-state index contributed by atoms with van der Waals surface area (Å²) in [6.45, 7) is 0.561. The highest BCUT2D eigenvalue weighted by Crippen LogP contribution is 2.39. The van der Waals surface area contributed by atoms with E-state index < -0.39 is 29.4 Å². The minimum absolute atomic E-state index is 0.0281. The molecule has 0 aliphatic carbocycles. The van der Waals surface area contributed by atoms with Crippen LogP contribution in [-0.2, 0) is 18.3 Å². The van der Waals surface area contributed by atoms with Crippen LogP contribution in [-0.4, -0.2) is 41.6 Å². The van der Waals surface area contributed by atoms with Gasteiger partial charge in [0.15, 0.2) is 17.2 Å². The van der Waals surface area contributed by atoms with Crippen LogP contribution in [0.5, 0.6) is 0 Å². The minimum Gasteiger partial charge on any atom is -0.376 e. The van der Waals surface area contributed by atoms with E-state index in [0.29, 0.717) is 11.8 Å². The highest BCUT2D eigenvalue weighted by atomic mass is 32.1. The van der Waals surface area contributed by atoms with Crippen molar-refractivity contribution in [3.8, 4) is 10.7 Å². The average molecular weight is 517 g/mol. The van der Waals surface area contributed by atoms with Crippen molar-refractivity contribution in [2.45, 2.75) is 31.4 Å². The molecule has 4 rings (SSSR count). The summed E-state index contributed by atoms with van der Waals surface area (Å²) < 4.78 is 82.5. The van der Waals surface area contributed by atoms with E-state index in [4.69, 9.17) is 0 Å². The molecule has 0 fully saturated rings. The second kappa shape index (κ2) is 8.84. The van der Waals surface area contributed by atoms with E-state index in [1.54, 1.807) is 6.07 Å². The summed E-state index contributed by atoms with van der Waals surface area (Å²) in [4.78, 5) is 13.6. The van der Waals surface area contributed by atoms with Crippen LogP contribution < -0.4 is 4.90 Å². The number of anilines is 2. The molecular formula is C19H13F6N7O2S. The number of halogens is 6. The van der Waals surface area contributed by atoms with E-state index >= 15 is 0 Å². The molecule has 16 heteroatoms. The predicted molar refractivity (Wildman–Crippen MR) is 108 cm³/mol. The van der Waals surface area contributed by atoms with Gasteiger partial charge in [-0.25, -0.2) is 4.98 Å². The molecule has 1 atom stereocenters. The zero-order valence-corrected chi connectivity index (χ0v) is 18.2. The van der Waals surface area contributed by atoms with Crippen molar-refractivity contribution in [3.05, 3.63) is 59.3 Å². The molecule has 0 radical (unpaired) electrons. The average Bonchev–Trinajstić information content (AvgIpc) is 3.47. The second-order valence-corrected chi connectivity index (χ2v) is 8.38. The lowest BCUT2D eigenvalue weighted by Crippen LogP contribution is -2.39. The van der Waals surface area contributed by atoms with Gasteiger partial charge in [0.05, 0.1) is 23.8 Å². The van der Waals surface area contributed by atoms with E-state index in [0.717, 1.165) is 23.6 Å². The van der Waals surface area contributed by atoms with Gasteiger partial charge in [-0.1, -0.05) is 5.16 Å². The molecule has 4 aromatic rings. The third-order valence-corrected chi connectivity index (χ3v) is 5.79. The van der Waals surface area contributed by atoms with Crippen molar-refractivity contribution in [1.82, 2.24) is 30.3 Å². The predicted octanol–water partition coefficient (Wildman–Crippen LogP) is 4.51. The Morgan fingerprint density at radius 2 is 1.83 bits per heavy atom. The van der Waals surface area contributed by atoms with Crippen LogP contribution in [0.2, 0.25) is 0 Å². The van der Waals surface area contributed by atoms with Crippen molar-refractivity contribution < 1.29 is 36.0 Å². The molecule has 1 unspecified atom stereocenters. The van der Waals surface area contributed by atoms with Crippen LogP contribution in [0.3, 0.4) is 0 Å². The third-order valence-electron chi connectivity index (χ3n) is 4.72. The first-order valence-corrected chi connectivity index (χ1v) is 10.3. The maximum Gasteiger partial charge on any atom is 0.471 e. The second-order valence-electron chi connectivity index (χ2n) is 7.21. The minimum atomic E-state index is -4.98. The molecule has 0 amide bonds. The zero-order chi connectivity index (χ0) is 25.4. The largest absolute Gasteiger partial charge is 0.471 e. The van der Waals surface area contributed by atoms with E-state index in [1.807, 2.05) is 0 Å². The highest BCUT2D eigenvalue weighted by molar-refractivity contribution is 7.15. The molecule has 0 aliphatic heterocycles. The van der Waals surface area contributed by atoms with Crippen LogP contribution >= 0.6 is 11.3 Å². The van der Waals surface area contributed by atoms with Gasteiger partial charge in [0.2, 0.25) is 5.82 Å². The van der Waals surface area contributed by atoms with Crippen LogP contribution in [0.1, 0.15) is 23.3 Å². The molecule has 4 aromatic heterocycles. The molecule has 0 spiro atoms. The lowest BCUT2D eigenvalue weighted by molar-refractivity contribution is -0.259. The Labute approximate surface area is 196 Å². The quantitative estimate of drug-likeness (QED) is 0.369. The first-order valence-electron chi connectivity index (χ1n) is 9.52. The molecule has 0 saturated carbocycles. The summed E-state index contributed by atoms with van der Waals surface area (Å²) in [6, 6.07) is 4.05. The van der Waals surface area contributed by atoms with Crippen molar-refractivity contribution in [2.24, 2.45) is 0 Å². The maximum atomic E-state index is 13.3. The monoisotopic (exact) mass is 517 g/mol. The van der Waals surface area contributed by atoms with Gasteiger partial charge in [0, 0.05) is 22.8 Å². The fraction of sp³-hybridized carbons (Fsp3) is 0.263. The fourth-order valence-corrected chi connectivity index (χ4v) is 3.73. The number of thiophene rings is 1. The van der Waals surface area contributed by atoms with Gasteiger partial charge in [-0.15, -0.1) is 16.4 Å². The highest BCUT2D eigenvalue weighted by Gasteiger charge is 2.51. The number of rotatable bonds is 6. The molecule has 4 heterocycles. The Morgan fingerprint density at radius 1 is 1.06 bits per heavy atom. The molecule has 9 nitrogen and oxygen atoms in total. The van der Waals surface area contributed by atoms with Crippen molar-refractivity contribution in [1.29, 1.82) is 0 Å². The summed E-state index contributed by atoms with van der Waals surface area (Å²) >= 11 is 1.02. The standard InChI is InChI=1S/C19H13F6N7O2S/c1-17(33,19(23,24)25)10-6-13(30-28-7-10)32(14-8-26-4-5-27-14)9-11-2-3-12(35-11)15-29-16(34-31-15)18(20,21)22/h2-8,33H,9H2,1H3. The van der Waals surface area contributed by atoms with Crippen molar-refractivity contribution >= 4 is 23.0 Å². The van der Waals surface area contributed by atoms with E-state index in [9.17, 15) is 31.4 Å². The Balaban J connectivity index is 1.68. The Kier molecular flexibility index (Phi) is 6.18. The van der Waals surface area contributed by atoms with Gasteiger partial charge in [-0.05, 0) is 25.1 Å². The van der Waals surface area contributed by atoms with E-state index in [-0.39, 0.29) is 28.9 Å². The molecule has 0 saturated heterocycles. The van der Waals surface area contributed by atoms with Gasteiger partial charge in [-0.3, -0.25) is 4.98 Å². The smallest absolute Gasteiger partial charge is 0.376 e. The third kappa shape index (κ3) is 5.07. The lowest BCUT2D eigenvalue weighted by atomic mass is 9.97. The Bertz CT molecular complexity index is 1310. The lowest BCUT2D eigenvalue weighted by Gasteiger charge is -2.28. The first kappa shape index (κ1) is 24.5. The topological polar surface area (TPSA) is 114 Å². The molecule has 0 bridgehead atoms. The molecule has 184 valence electrons. The number of alkyl halides is 6. The van der Waals surface area contributed by atoms with Crippen molar-refractivity contribution in [2.75, 3.05) is 4.90 Å². The van der Waals surface area contributed by atoms with Gasteiger partial charge < -0.3 is 14.5 Å². The number of aromatic nitrogens is 6. The zero-order valence-electron chi connectivity index (χ0n) is 17.4. The van der Waals surface area contributed by atoms with E-state index in [2.05, 4.69) is 34.8 Å². The van der Waals surface area contributed by atoms with Crippen LogP contribution in [0.4, 0.5) is 38.0 Å². The summed E-state index contributed by atoms with van der Waals surface area (Å²) in [7, 11) is 0. The SMILES string of the molecule is CC(O)(c1cnnc(N(Cc2ccc(-c3noc(C(F)(F)F)n3)s2)c2cnccn2)c1)C(F)(F)F. The summed E-state index contributed by atoms with van der Waals surface area (Å²) in [5.74, 6) is -1.66. The molecule has 0 aromatic carbocycles. The summed E-state index contributed by atoms with van der Waals surface area (Å²) in [5.41, 5.74) is -3.75. The number of aliphatic hydroxyl groups is 1.